The Morgan fingerprint density at radius 3 is 2.62 bits per heavy atom. The maximum Gasteiger partial charge on any atom is 0.134 e. The Morgan fingerprint density at radius 1 is 1.38 bits per heavy atom. The van der Waals surface area contributed by atoms with Gasteiger partial charge in [-0.25, -0.2) is 9.97 Å². The zero-order valence-corrected chi connectivity index (χ0v) is 7.75. The molecule has 3 saturated carbocycles. The van der Waals surface area contributed by atoms with Gasteiger partial charge in [-0.2, -0.15) is 0 Å². The highest BCUT2D eigenvalue weighted by atomic mass is 15.0. The third kappa shape index (κ3) is 0.826. The van der Waals surface area contributed by atoms with E-state index in [4.69, 9.17) is 5.73 Å². The molecule has 2 bridgehead atoms. The van der Waals surface area contributed by atoms with Gasteiger partial charge in [0.25, 0.3) is 0 Å². The van der Waals surface area contributed by atoms with E-state index in [0.29, 0.717) is 0 Å². The molecule has 13 heavy (non-hydrogen) atoms. The molecular weight excluding hydrogens is 162 g/mol. The molecule has 0 aromatic carbocycles. The fraction of sp³-hybridized carbons (Fsp3) is 0.600. The Balaban J connectivity index is 1.95. The number of aryl methyl sites for hydroxylation is 1. The minimum absolute atomic E-state index is 0.146. The van der Waals surface area contributed by atoms with E-state index >= 15 is 0 Å². The summed E-state index contributed by atoms with van der Waals surface area (Å²) >= 11 is 0. The largest absolute Gasteiger partial charge is 0.325 e. The molecule has 3 aliphatic rings. The Hall–Kier alpha value is -0.960. The number of hydrogen-bond donors (Lipinski definition) is 1. The molecule has 0 atom stereocenters. The lowest BCUT2D eigenvalue weighted by Crippen LogP contribution is -2.74. The van der Waals surface area contributed by atoms with E-state index in [1.165, 1.54) is 0 Å². The van der Waals surface area contributed by atoms with Crippen molar-refractivity contribution in [3.63, 3.8) is 0 Å². The third-order valence-corrected chi connectivity index (χ3v) is 3.34. The van der Waals surface area contributed by atoms with Crippen LogP contribution in [0.1, 0.15) is 30.8 Å². The van der Waals surface area contributed by atoms with Gasteiger partial charge in [0.05, 0.1) is 0 Å². The average molecular weight is 175 g/mol. The van der Waals surface area contributed by atoms with E-state index < -0.39 is 0 Å². The molecule has 3 fully saturated rings. The van der Waals surface area contributed by atoms with E-state index in [-0.39, 0.29) is 11.0 Å². The zero-order chi connectivity index (χ0) is 9.10. The fourth-order valence-electron chi connectivity index (χ4n) is 2.81. The monoisotopic (exact) mass is 175 g/mol. The van der Waals surface area contributed by atoms with Crippen LogP contribution in [0.2, 0.25) is 0 Å². The molecule has 2 N–H and O–H groups in total. The highest BCUT2D eigenvalue weighted by Crippen LogP contribution is 2.65. The topological polar surface area (TPSA) is 51.8 Å². The van der Waals surface area contributed by atoms with Gasteiger partial charge in [0.2, 0.25) is 0 Å². The average Bonchev–Trinajstić information content (AvgIpc) is 1.97. The second-order valence-corrected chi connectivity index (χ2v) is 4.69. The second-order valence-electron chi connectivity index (χ2n) is 4.69. The minimum Gasteiger partial charge on any atom is -0.325 e. The highest BCUT2D eigenvalue weighted by Gasteiger charge is 2.68. The summed E-state index contributed by atoms with van der Waals surface area (Å²) < 4.78 is 0. The van der Waals surface area contributed by atoms with Gasteiger partial charge in [-0.05, 0) is 32.3 Å². The number of hydrogen-bond acceptors (Lipinski definition) is 3. The lowest BCUT2D eigenvalue weighted by atomic mass is 9.39. The van der Waals surface area contributed by atoms with Gasteiger partial charge < -0.3 is 5.73 Å². The van der Waals surface area contributed by atoms with Crippen LogP contribution in [0.4, 0.5) is 0 Å². The molecule has 0 radical (unpaired) electrons. The highest BCUT2D eigenvalue weighted by molar-refractivity contribution is 5.34. The van der Waals surface area contributed by atoms with Crippen molar-refractivity contribution in [2.24, 2.45) is 5.73 Å². The standard InChI is InChI=1S/C10H13N3/c1-7-2-3-12-8(13-7)9-4-10(11,5-9)6-9/h2-3H,4-6,11H2,1H3. The Bertz CT molecular complexity index is 352. The van der Waals surface area contributed by atoms with Crippen LogP contribution < -0.4 is 5.73 Å². The van der Waals surface area contributed by atoms with Crippen molar-refractivity contribution in [3.8, 4) is 0 Å². The maximum atomic E-state index is 5.99. The smallest absolute Gasteiger partial charge is 0.134 e. The van der Waals surface area contributed by atoms with Crippen molar-refractivity contribution in [1.29, 1.82) is 0 Å². The van der Waals surface area contributed by atoms with Crippen molar-refractivity contribution < 1.29 is 0 Å². The summed E-state index contributed by atoms with van der Waals surface area (Å²) in [6.07, 6.45) is 5.11. The molecule has 0 unspecified atom stereocenters. The van der Waals surface area contributed by atoms with Crippen LogP contribution in [0.15, 0.2) is 12.3 Å². The molecule has 3 aliphatic carbocycles. The first-order valence-corrected chi connectivity index (χ1v) is 4.71. The van der Waals surface area contributed by atoms with Crippen LogP contribution in [0.5, 0.6) is 0 Å². The van der Waals surface area contributed by atoms with Crippen molar-refractivity contribution in [3.05, 3.63) is 23.8 Å². The molecule has 1 heterocycles. The van der Waals surface area contributed by atoms with Gasteiger partial charge >= 0.3 is 0 Å². The summed E-state index contributed by atoms with van der Waals surface area (Å²) in [7, 11) is 0. The summed E-state index contributed by atoms with van der Waals surface area (Å²) in [6.45, 7) is 2.01. The molecule has 0 aliphatic heterocycles. The predicted octanol–water partition coefficient (Wildman–Crippen LogP) is 0.918. The maximum absolute atomic E-state index is 5.99. The molecule has 1 aromatic rings. The van der Waals surface area contributed by atoms with Crippen molar-refractivity contribution in [2.75, 3.05) is 0 Å². The molecule has 0 saturated heterocycles. The fourth-order valence-corrected chi connectivity index (χ4v) is 2.81. The molecule has 3 nitrogen and oxygen atoms in total. The molecular formula is C10H13N3. The Kier molecular flexibility index (Phi) is 1.10. The van der Waals surface area contributed by atoms with Crippen LogP contribution in [0, 0.1) is 6.92 Å². The molecule has 0 spiro atoms. The molecule has 3 heteroatoms. The Morgan fingerprint density at radius 2 is 2.08 bits per heavy atom. The molecule has 1 aromatic heterocycles. The van der Waals surface area contributed by atoms with E-state index in [9.17, 15) is 0 Å². The van der Waals surface area contributed by atoms with E-state index in [0.717, 1.165) is 30.8 Å². The predicted molar refractivity (Wildman–Crippen MR) is 49.2 cm³/mol. The summed E-state index contributed by atoms with van der Waals surface area (Å²) in [6, 6.07) is 1.94. The van der Waals surface area contributed by atoms with Crippen LogP contribution in [0.3, 0.4) is 0 Å². The van der Waals surface area contributed by atoms with Crippen molar-refractivity contribution >= 4 is 0 Å². The van der Waals surface area contributed by atoms with Crippen LogP contribution in [0.25, 0.3) is 0 Å². The van der Waals surface area contributed by atoms with Gasteiger partial charge in [-0.15, -0.1) is 0 Å². The lowest BCUT2D eigenvalue weighted by molar-refractivity contribution is -0.0653. The molecule has 68 valence electrons. The summed E-state index contributed by atoms with van der Waals surface area (Å²) in [5.74, 6) is 1.01. The van der Waals surface area contributed by atoms with Crippen molar-refractivity contribution in [1.82, 2.24) is 9.97 Å². The zero-order valence-electron chi connectivity index (χ0n) is 7.75. The first-order valence-electron chi connectivity index (χ1n) is 4.71. The third-order valence-electron chi connectivity index (χ3n) is 3.34. The van der Waals surface area contributed by atoms with Crippen LogP contribution >= 0.6 is 0 Å². The van der Waals surface area contributed by atoms with Crippen LogP contribution in [-0.2, 0) is 5.41 Å². The first-order chi connectivity index (χ1) is 6.12. The first kappa shape index (κ1) is 7.44. The number of nitrogens with two attached hydrogens (primary N) is 1. The second kappa shape index (κ2) is 1.93. The quantitative estimate of drug-likeness (QED) is 0.690. The van der Waals surface area contributed by atoms with E-state index in [2.05, 4.69) is 9.97 Å². The Labute approximate surface area is 77.4 Å². The number of aromatic nitrogens is 2. The van der Waals surface area contributed by atoms with Gasteiger partial charge in [0.1, 0.15) is 5.82 Å². The lowest BCUT2D eigenvalue weighted by Gasteiger charge is -2.67. The summed E-state index contributed by atoms with van der Waals surface area (Å²) in [5.41, 5.74) is 7.46. The van der Waals surface area contributed by atoms with Crippen LogP contribution in [-0.4, -0.2) is 15.5 Å². The number of nitrogens with zero attached hydrogens (tertiary/aromatic N) is 2. The summed E-state index contributed by atoms with van der Waals surface area (Å²) in [5, 5.41) is 0. The van der Waals surface area contributed by atoms with E-state index in [1.807, 2.05) is 19.2 Å². The SMILES string of the molecule is Cc1ccnc(C23CC(N)(C2)C3)n1. The molecule has 4 rings (SSSR count). The minimum atomic E-state index is 0.146. The van der Waals surface area contributed by atoms with Gasteiger partial charge in [0.15, 0.2) is 0 Å². The van der Waals surface area contributed by atoms with Gasteiger partial charge in [-0.1, -0.05) is 0 Å². The van der Waals surface area contributed by atoms with Crippen molar-refractivity contribution in [2.45, 2.75) is 37.1 Å². The normalized spacial score (nSPS) is 40.8. The molecule has 0 amide bonds. The van der Waals surface area contributed by atoms with E-state index in [1.54, 1.807) is 0 Å². The van der Waals surface area contributed by atoms with Gasteiger partial charge in [-0.3, -0.25) is 0 Å². The number of rotatable bonds is 1. The van der Waals surface area contributed by atoms with Gasteiger partial charge in [0, 0.05) is 22.8 Å². The summed E-state index contributed by atoms with van der Waals surface area (Å²) in [4.78, 5) is 8.80.